The molecule has 2 aliphatic heterocycles. The predicted molar refractivity (Wildman–Crippen MR) is 84.4 cm³/mol. The van der Waals surface area contributed by atoms with Crippen molar-refractivity contribution in [2.75, 3.05) is 13.6 Å². The molecule has 0 radical (unpaired) electrons. The summed E-state index contributed by atoms with van der Waals surface area (Å²) in [6.45, 7) is 0.538. The van der Waals surface area contributed by atoms with Gasteiger partial charge in [-0.15, -0.1) is 0 Å². The molecule has 5 N–H and O–H groups in total. The highest BCUT2D eigenvalue weighted by atomic mass is 16.6. The number of aliphatic hydroxyl groups is 3. The van der Waals surface area contributed by atoms with Crippen LogP contribution in [0.5, 0.6) is 0 Å². The van der Waals surface area contributed by atoms with Gasteiger partial charge in [-0.05, 0) is 12.1 Å². The topological polar surface area (TPSA) is 140 Å². The van der Waals surface area contributed by atoms with E-state index in [1.165, 1.54) is 6.20 Å². The Labute approximate surface area is 143 Å². The molecule has 1 aromatic heterocycles. The first-order valence-corrected chi connectivity index (χ1v) is 8.22. The molecule has 7 unspecified atom stereocenters. The molecular formula is C16H23N2O7+. The van der Waals surface area contributed by atoms with Gasteiger partial charge in [-0.2, -0.15) is 0 Å². The lowest BCUT2D eigenvalue weighted by Gasteiger charge is -2.49. The summed E-state index contributed by atoms with van der Waals surface area (Å²) >= 11 is 0. The summed E-state index contributed by atoms with van der Waals surface area (Å²) in [6.07, 6.45) is -4.64. The highest BCUT2D eigenvalue weighted by molar-refractivity contribution is 5.73. The monoisotopic (exact) mass is 355 g/mol. The summed E-state index contributed by atoms with van der Waals surface area (Å²) < 4.78 is 5.58. The number of quaternary nitrogens is 1. The number of rotatable bonds is 3. The number of hydrogen-bond donors (Lipinski definition) is 5. The van der Waals surface area contributed by atoms with E-state index in [4.69, 9.17) is 4.74 Å². The summed E-state index contributed by atoms with van der Waals surface area (Å²) in [5, 5.41) is 39.7. The lowest BCUT2D eigenvalue weighted by molar-refractivity contribution is -0.977. The van der Waals surface area contributed by atoms with E-state index in [2.05, 4.69) is 4.98 Å². The van der Waals surface area contributed by atoms with E-state index in [1.54, 1.807) is 19.2 Å². The number of nitrogens with zero attached hydrogens (tertiary/aromatic N) is 1. The number of likely N-dealkylation sites (N-methyl/N-ethyl adjacent to an activating group) is 1. The van der Waals surface area contributed by atoms with Crippen molar-refractivity contribution in [3.63, 3.8) is 0 Å². The Morgan fingerprint density at radius 2 is 2.00 bits per heavy atom. The third kappa shape index (κ3) is 2.87. The zero-order valence-corrected chi connectivity index (χ0v) is 13.8. The van der Waals surface area contributed by atoms with E-state index in [-0.39, 0.29) is 16.1 Å². The number of pyridine rings is 1. The first-order valence-electron chi connectivity index (χ1n) is 8.22. The molecule has 0 saturated carbocycles. The van der Waals surface area contributed by atoms with Gasteiger partial charge in [0.2, 0.25) is 6.23 Å². The summed E-state index contributed by atoms with van der Waals surface area (Å²) in [5.41, 5.74) is 0.269. The van der Waals surface area contributed by atoms with Gasteiger partial charge in [-0.3, -0.25) is 9.28 Å². The summed E-state index contributed by atoms with van der Waals surface area (Å²) in [4.78, 5) is 26.2. The van der Waals surface area contributed by atoms with Gasteiger partial charge in [-0.1, -0.05) is 0 Å². The van der Waals surface area contributed by atoms with E-state index < -0.39 is 36.6 Å². The molecule has 2 aliphatic rings. The minimum atomic E-state index is -1.73. The van der Waals surface area contributed by atoms with Crippen molar-refractivity contribution in [3.05, 3.63) is 34.2 Å². The number of H-pyrrole nitrogens is 1. The van der Waals surface area contributed by atoms with E-state index >= 15 is 0 Å². The van der Waals surface area contributed by atoms with Crippen molar-refractivity contribution in [1.29, 1.82) is 0 Å². The van der Waals surface area contributed by atoms with Crippen molar-refractivity contribution in [3.8, 4) is 0 Å². The number of ether oxygens (including phenoxy) is 1. The maximum atomic E-state index is 12.2. The zero-order chi connectivity index (χ0) is 18.4. The molecule has 1 aromatic rings. The van der Waals surface area contributed by atoms with Gasteiger partial charge in [0.15, 0.2) is 12.2 Å². The molecule has 0 aliphatic carbocycles. The highest BCUT2D eigenvalue weighted by Gasteiger charge is 2.57. The lowest BCUT2D eigenvalue weighted by atomic mass is 9.95. The van der Waals surface area contributed by atoms with E-state index in [9.17, 15) is 30.0 Å². The third-order valence-electron chi connectivity index (χ3n) is 5.45. The number of carboxylic acids is 1. The van der Waals surface area contributed by atoms with Crippen LogP contribution >= 0.6 is 0 Å². The number of aromatic nitrogens is 1. The normalized spacial score (nSPS) is 41.6. The van der Waals surface area contributed by atoms with Crippen LogP contribution in [0, 0.1) is 0 Å². The molecule has 9 heteroatoms. The van der Waals surface area contributed by atoms with Crippen LogP contribution in [0.4, 0.5) is 0 Å². The molecule has 138 valence electrons. The van der Waals surface area contributed by atoms with Crippen molar-refractivity contribution < 1.29 is 34.4 Å². The second-order valence-electron chi connectivity index (χ2n) is 6.94. The third-order valence-corrected chi connectivity index (χ3v) is 5.45. The number of carbonyl (C=O) groups is 1. The molecule has 0 spiro atoms. The average molecular weight is 355 g/mol. The molecule has 7 atom stereocenters. The number of likely N-dealkylation sites (tertiary alicyclic amines) is 1. The van der Waals surface area contributed by atoms with Crippen LogP contribution in [0.25, 0.3) is 0 Å². The fourth-order valence-corrected chi connectivity index (χ4v) is 4.10. The zero-order valence-electron chi connectivity index (χ0n) is 13.8. The Kier molecular flexibility index (Phi) is 4.69. The quantitative estimate of drug-likeness (QED) is 0.418. The van der Waals surface area contributed by atoms with Gasteiger partial charge < -0.3 is 30.1 Å². The van der Waals surface area contributed by atoms with Gasteiger partial charge in [0.1, 0.15) is 18.2 Å². The van der Waals surface area contributed by atoms with Crippen molar-refractivity contribution >= 4 is 5.97 Å². The van der Waals surface area contributed by atoms with E-state index in [0.29, 0.717) is 18.5 Å². The second kappa shape index (κ2) is 6.50. The summed E-state index contributed by atoms with van der Waals surface area (Å²) in [6, 6.07) is 3.08. The Bertz CT molecular complexity index is 708. The van der Waals surface area contributed by atoms with Crippen molar-refractivity contribution in [1.82, 2.24) is 4.98 Å². The number of carboxylic acid groups (broad SMARTS) is 1. The number of aliphatic hydroxyl groups excluding tert-OH is 3. The van der Waals surface area contributed by atoms with Crippen LogP contribution in [0.15, 0.2) is 23.1 Å². The molecule has 3 rings (SSSR count). The fraction of sp³-hybridized carbons (Fsp3) is 0.625. The van der Waals surface area contributed by atoms with Crippen LogP contribution in [-0.4, -0.2) is 80.1 Å². The SMILES string of the molecule is C[N+]1(C2OC(C(=O)O)C(O)C(O)C2O)CCCC1c1ccc[nH]c1=O. The molecule has 9 nitrogen and oxygen atoms in total. The van der Waals surface area contributed by atoms with Gasteiger partial charge in [0.25, 0.3) is 5.56 Å². The molecule has 2 fully saturated rings. The Morgan fingerprint density at radius 3 is 2.64 bits per heavy atom. The Morgan fingerprint density at radius 1 is 1.28 bits per heavy atom. The van der Waals surface area contributed by atoms with Crippen LogP contribution < -0.4 is 5.56 Å². The number of aromatic amines is 1. The van der Waals surface area contributed by atoms with Crippen LogP contribution in [0.3, 0.4) is 0 Å². The predicted octanol–water partition coefficient (Wildman–Crippen LogP) is -1.45. The average Bonchev–Trinajstić information content (AvgIpc) is 2.95. The fourth-order valence-electron chi connectivity index (χ4n) is 4.10. The smallest absolute Gasteiger partial charge is 0.335 e. The van der Waals surface area contributed by atoms with Gasteiger partial charge in [0.05, 0.1) is 19.2 Å². The largest absolute Gasteiger partial charge is 0.479 e. The molecule has 0 aromatic carbocycles. The second-order valence-corrected chi connectivity index (χ2v) is 6.94. The molecule has 25 heavy (non-hydrogen) atoms. The van der Waals surface area contributed by atoms with Gasteiger partial charge in [0, 0.05) is 19.0 Å². The van der Waals surface area contributed by atoms with Crippen molar-refractivity contribution in [2.24, 2.45) is 0 Å². The number of aliphatic carboxylic acids is 1. The van der Waals surface area contributed by atoms with Gasteiger partial charge >= 0.3 is 5.97 Å². The van der Waals surface area contributed by atoms with Crippen LogP contribution in [0.1, 0.15) is 24.4 Å². The minimum Gasteiger partial charge on any atom is -0.479 e. The molecule has 3 heterocycles. The highest BCUT2D eigenvalue weighted by Crippen LogP contribution is 2.42. The first kappa shape index (κ1) is 18.0. The standard InChI is InChI=1S/C16H22N2O7/c1-18(7-3-5-9(18)8-4-2-6-17-14(8)22)15-12(21)10(19)11(20)13(25-15)16(23)24/h2,4,6,9-13,15,19-21H,3,5,7H2,1H3,(H-,17,22,23,24)/p+1. The summed E-state index contributed by atoms with van der Waals surface area (Å²) in [7, 11) is 1.77. The molecular weight excluding hydrogens is 332 g/mol. The lowest BCUT2D eigenvalue weighted by Crippen LogP contribution is -2.69. The van der Waals surface area contributed by atoms with E-state index in [1.807, 2.05) is 0 Å². The van der Waals surface area contributed by atoms with Crippen molar-refractivity contribution in [2.45, 2.75) is 49.5 Å². The minimum absolute atomic E-state index is 0.0574. The molecule has 0 amide bonds. The molecule has 0 bridgehead atoms. The summed E-state index contributed by atoms with van der Waals surface area (Å²) in [5.74, 6) is -1.41. The Balaban J connectivity index is 1.98. The molecule has 2 saturated heterocycles. The maximum absolute atomic E-state index is 12.2. The maximum Gasteiger partial charge on any atom is 0.335 e. The van der Waals surface area contributed by atoms with E-state index in [0.717, 1.165) is 6.42 Å². The van der Waals surface area contributed by atoms with Gasteiger partial charge in [-0.25, -0.2) is 4.79 Å². The first-order chi connectivity index (χ1) is 11.8. The van der Waals surface area contributed by atoms with Crippen LogP contribution in [-0.2, 0) is 9.53 Å². The number of hydrogen-bond acceptors (Lipinski definition) is 6. The number of nitrogens with one attached hydrogen (secondary N) is 1. The van der Waals surface area contributed by atoms with Crippen LogP contribution in [0.2, 0.25) is 0 Å². The Hall–Kier alpha value is -1.78.